The fourth-order valence-electron chi connectivity index (χ4n) is 2.01. The van der Waals surface area contributed by atoms with Gasteiger partial charge in [0.1, 0.15) is 0 Å². The molecule has 1 heterocycles. The summed E-state index contributed by atoms with van der Waals surface area (Å²) < 4.78 is 1.89. The normalized spacial score (nSPS) is 10.9. The first-order valence-electron chi connectivity index (χ1n) is 6.67. The minimum absolute atomic E-state index is 0.723. The zero-order valence-electron chi connectivity index (χ0n) is 11.5. The minimum atomic E-state index is 0.723. The monoisotopic (exact) mass is 277 g/mol. The maximum Gasteiger partial charge on any atom is 0.0815 e. The van der Waals surface area contributed by atoms with Crippen molar-refractivity contribution in [3.05, 3.63) is 52.3 Å². The molecule has 0 saturated carbocycles. The van der Waals surface area contributed by atoms with E-state index < -0.39 is 0 Å². The summed E-state index contributed by atoms with van der Waals surface area (Å²) in [5.41, 5.74) is 3.43. The molecule has 0 saturated heterocycles. The Morgan fingerprint density at radius 3 is 2.79 bits per heavy atom. The fourth-order valence-corrected chi connectivity index (χ4v) is 2.16. The molecule has 2 rings (SSSR count). The van der Waals surface area contributed by atoms with E-state index in [-0.39, 0.29) is 0 Å². The van der Waals surface area contributed by atoms with Crippen LogP contribution in [0.4, 0.5) is 0 Å². The molecule has 0 aliphatic heterocycles. The summed E-state index contributed by atoms with van der Waals surface area (Å²) >= 11 is 6.02. The quantitative estimate of drug-likeness (QED) is 0.820. The van der Waals surface area contributed by atoms with Gasteiger partial charge in [-0.15, -0.1) is 0 Å². The summed E-state index contributed by atoms with van der Waals surface area (Å²) in [5, 5.41) is 8.51. The van der Waals surface area contributed by atoms with Crippen LogP contribution in [0.3, 0.4) is 0 Å². The van der Waals surface area contributed by atoms with Crippen LogP contribution in [0.15, 0.2) is 30.5 Å². The van der Waals surface area contributed by atoms with Crippen LogP contribution in [0, 0.1) is 6.92 Å². The summed E-state index contributed by atoms with van der Waals surface area (Å²) in [6, 6.07) is 8.57. The lowest BCUT2D eigenvalue weighted by Gasteiger charge is -2.06. The van der Waals surface area contributed by atoms with Gasteiger partial charge >= 0.3 is 0 Å². The van der Waals surface area contributed by atoms with Crippen molar-refractivity contribution in [3.8, 4) is 0 Å². The molecule has 1 aromatic heterocycles. The Labute approximate surface area is 119 Å². The Hall–Kier alpha value is -1.32. The van der Waals surface area contributed by atoms with Crippen LogP contribution in [-0.4, -0.2) is 16.3 Å². The Kier molecular flexibility index (Phi) is 5.00. The molecule has 0 spiro atoms. The van der Waals surface area contributed by atoms with Crippen molar-refractivity contribution in [1.29, 1.82) is 0 Å². The van der Waals surface area contributed by atoms with Crippen molar-refractivity contribution in [2.45, 2.75) is 33.4 Å². The lowest BCUT2D eigenvalue weighted by Crippen LogP contribution is -2.14. The number of hydrogen-bond donors (Lipinski definition) is 1. The average Bonchev–Trinajstić information content (AvgIpc) is 2.69. The molecule has 1 N–H and O–H groups in total. The van der Waals surface area contributed by atoms with E-state index in [1.54, 1.807) is 0 Å². The van der Waals surface area contributed by atoms with Crippen LogP contribution in [-0.2, 0) is 13.1 Å². The van der Waals surface area contributed by atoms with Gasteiger partial charge in [0.05, 0.1) is 17.3 Å². The van der Waals surface area contributed by atoms with Gasteiger partial charge in [-0.2, -0.15) is 5.10 Å². The van der Waals surface area contributed by atoms with Gasteiger partial charge in [-0.1, -0.05) is 42.8 Å². The van der Waals surface area contributed by atoms with Gasteiger partial charge in [0.15, 0.2) is 0 Å². The second-order valence-corrected chi connectivity index (χ2v) is 5.16. The van der Waals surface area contributed by atoms with Gasteiger partial charge < -0.3 is 5.32 Å². The Morgan fingerprint density at radius 1 is 1.32 bits per heavy atom. The van der Waals surface area contributed by atoms with Crippen LogP contribution in [0.1, 0.15) is 30.2 Å². The summed E-state index contributed by atoms with van der Waals surface area (Å²) in [6.07, 6.45) is 3.03. The molecule has 0 bridgehead atoms. The van der Waals surface area contributed by atoms with Crippen molar-refractivity contribution < 1.29 is 0 Å². The summed E-state index contributed by atoms with van der Waals surface area (Å²) in [7, 11) is 0. The Bertz CT molecular complexity index is 514. The smallest absolute Gasteiger partial charge is 0.0815 e. The van der Waals surface area contributed by atoms with E-state index >= 15 is 0 Å². The van der Waals surface area contributed by atoms with Crippen molar-refractivity contribution in [1.82, 2.24) is 15.1 Å². The van der Waals surface area contributed by atoms with Crippen LogP contribution in [0.5, 0.6) is 0 Å². The number of halogens is 1. The third-order valence-corrected chi connectivity index (χ3v) is 3.35. The molecule has 0 atom stereocenters. The molecule has 0 fully saturated rings. The van der Waals surface area contributed by atoms with E-state index in [1.807, 2.05) is 17.8 Å². The van der Waals surface area contributed by atoms with Crippen molar-refractivity contribution in [3.63, 3.8) is 0 Å². The zero-order chi connectivity index (χ0) is 13.7. The second-order valence-electron chi connectivity index (χ2n) is 4.76. The lowest BCUT2D eigenvalue weighted by molar-refractivity contribution is 0.666. The van der Waals surface area contributed by atoms with E-state index in [0.29, 0.717) is 0 Å². The first kappa shape index (κ1) is 14.1. The molecule has 3 nitrogen and oxygen atoms in total. The van der Waals surface area contributed by atoms with Gasteiger partial charge in [-0.3, -0.25) is 4.68 Å². The van der Waals surface area contributed by atoms with E-state index in [1.165, 1.54) is 11.1 Å². The number of benzene rings is 1. The van der Waals surface area contributed by atoms with Crippen LogP contribution in [0.25, 0.3) is 0 Å². The molecule has 0 aliphatic rings. The van der Waals surface area contributed by atoms with E-state index in [4.69, 9.17) is 11.6 Å². The largest absolute Gasteiger partial charge is 0.313 e. The predicted octanol–water partition coefficient (Wildman–Crippen LogP) is 3.39. The molecule has 0 amide bonds. The third-order valence-electron chi connectivity index (χ3n) is 2.98. The molecule has 0 unspecified atom stereocenters. The van der Waals surface area contributed by atoms with Crippen LogP contribution in [0.2, 0.25) is 5.02 Å². The first-order chi connectivity index (χ1) is 9.19. The molecule has 1 aromatic carbocycles. The number of aryl methyl sites for hydroxylation is 1. The number of aromatic nitrogens is 2. The summed E-state index contributed by atoms with van der Waals surface area (Å²) in [5.74, 6) is 0. The van der Waals surface area contributed by atoms with E-state index in [9.17, 15) is 0 Å². The predicted molar refractivity (Wildman–Crippen MR) is 79.5 cm³/mol. The van der Waals surface area contributed by atoms with Crippen molar-refractivity contribution in [2.24, 2.45) is 0 Å². The third kappa shape index (κ3) is 4.08. The van der Waals surface area contributed by atoms with E-state index in [0.717, 1.165) is 36.8 Å². The number of hydrogen-bond acceptors (Lipinski definition) is 2. The maximum atomic E-state index is 6.02. The van der Waals surface area contributed by atoms with Crippen molar-refractivity contribution >= 4 is 11.6 Å². The highest BCUT2D eigenvalue weighted by Gasteiger charge is 2.03. The highest BCUT2D eigenvalue weighted by molar-refractivity contribution is 6.31. The molecule has 4 heteroatoms. The van der Waals surface area contributed by atoms with Crippen LogP contribution < -0.4 is 5.32 Å². The molecular weight excluding hydrogens is 258 g/mol. The Balaban J connectivity index is 2.02. The number of nitrogens with zero attached hydrogens (tertiary/aromatic N) is 2. The van der Waals surface area contributed by atoms with Gasteiger partial charge in [0.2, 0.25) is 0 Å². The van der Waals surface area contributed by atoms with E-state index in [2.05, 4.69) is 41.6 Å². The number of rotatable bonds is 6. The molecule has 2 aromatic rings. The minimum Gasteiger partial charge on any atom is -0.313 e. The topological polar surface area (TPSA) is 29.9 Å². The molecule has 0 radical (unpaired) electrons. The maximum absolute atomic E-state index is 6.02. The standard InChI is InChI=1S/C15H20ClN3/c1-3-7-17-9-13-5-4-6-14(8-13)10-19-11-15(16)12(2)18-19/h4-6,8,11,17H,3,7,9-10H2,1-2H3. The molecular formula is C15H20ClN3. The fraction of sp³-hybridized carbons (Fsp3) is 0.400. The van der Waals surface area contributed by atoms with Crippen LogP contribution >= 0.6 is 11.6 Å². The SMILES string of the molecule is CCCNCc1cccc(Cn2cc(Cl)c(C)n2)c1. The lowest BCUT2D eigenvalue weighted by atomic mass is 10.1. The molecule has 0 aliphatic carbocycles. The summed E-state index contributed by atoms with van der Waals surface area (Å²) in [4.78, 5) is 0. The van der Waals surface area contributed by atoms with Crippen molar-refractivity contribution in [2.75, 3.05) is 6.54 Å². The van der Waals surface area contributed by atoms with Gasteiger partial charge in [0, 0.05) is 12.7 Å². The second kappa shape index (κ2) is 6.73. The molecule has 102 valence electrons. The first-order valence-corrected chi connectivity index (χ1v) is 7.05. The highest BCUT2D eigenvalue weighted by Crippen LogP contribution is 2.14. The average molecular weight is 278 g/mol. The number of nitrogens with one attached hydrogen (secondary N) is 1. The highest BCUT2D eigenvalue weighted by atomic mass is 35.5. The molecule has 19 heavy (non-hydrogen) atoms. The van der Waals surface area contributed by atoms with Gasteiger partial charge in [0.25, 0.3) is 0 Å². The Morgan fingerprint density at radius 2 is 2.11 bits per heavy atom. The van der Waals surface area contributed by atoms with Gasteiger partial charge in [-0.05, 0) is 31.0 Å². The van der Waals surface area contributed by atoms with Gasteiger partial charge in [-0.25, -0.2) is 0 Å². The summed E-state index contributed by atoms with van der Waals surface area (Å²) in [6.45, 7) is 6.82. The zero-order valence-corrected chi connectivity index (χ0v) is 12.2.